The van der Waals surface area contributed by atoms with Crippen LogP contribution in [0.4, 0.5) is 0 Å². The zero-order valence-corrected chi connectivity index (χ0v) is 9.17. The van der Waals surface area contributed by atoms with Crippen LogP contribution in [0.5, 0.6) is 0 Å². The highest BCUT2D eigenvalue weighted by molar-refractivity contribution is 5.09. The van der Waals surface area contributed by atoms with E-state index in [-0.39, 0.29) is 6.54 Å². The molecule has 0 amide bonds. The largest absolute Gasteiger partial charge is 0.389 e. The van der Waals surface area contributed by atoms with Gasteiger partial charge in [-0.3, -0.25) is 4.68 Å². The molecule has 1 heterocycles. The highest BCUT2D eigenvalue weighted by Crippen LogP contribution is 2.15. The molecule has 0 aliphatic carbocycles. The van der Waals surface area contributed by atoms with Gasteiger partial charge in [0.2, 0.25) is 0 Å². The molecule has 15 heavy (non-hydrogen) atoms. The summed E-state index contributed by atoms with van der Waals surface area (Å²) < 4.78 is 1.76. The van der Waals surface area contributed by atoms with E-state index in [1.807, 2.05) is 0 Å². The Hall–Kier alpha value is -0.910. The van der Waals surface area contributed by atoms with Gasteiger partial charge in [-0.1, -0.05) is 13.8 Å². The van der Waals surface area contributed by atoms with Crippen LogP contribution >= 0.6 is 0 Å². The normalized spacial score (nSPS) is 15.6. The summed E-state index contributed by atoms with van der Waals surface area (Å²) >= 11 is 0. The second kappa shape index (κ2) is 5.25. The van der Waals surface area contributed by atoms with Crippen molar-refractivity contribution in [3.8, 4) is 0 Å². The van der Waals surface area contributed by atoms with Crippen molar-refractivity contribution in [2.75, 3.05) is 6.54 Å². The highest BCUT2D eigenvalue weighted by atomic mass is 16.3. The molecule has 0 spiro atoms. The second-order valence-corrected chi connectivity index (χ2v) is 4.14. The third-order valence-electron chi connectivity index (χ3n) is 2.15. The fourth-order valence-electron chi connectivity index (χ4n) is 1.36. The zero-order valence-electron chi connectivity index (χ0n) is 9.17. The molecule has 0 aliphatic rings. The molecule has 86 valence electrons. The van der Waals surface area contributed by atoms with Gasteiger partial charge in [-0.05, 0) is 5.92 Å². The Morgan fingerprint density at radius 1 is 1.47 bits per heavy atom. The van der Waals surface area contributed by atoms with Gasteiger partial charge < -0.3 is 15.9 Å². The Bertz CT molecular complexity index is 299. The standard InChI is InChI=1S/C10H19N3O2/c1-7(2)5-13-6-8(4-12-13)10(15)9(14)3-11/h4,6-7,9-10,14-15H,3,5,11H2,1-2H3. The summed E-state index contributed by atoms with van der Waals surface area (Å²) in [4.78, 5) is 0. The number of nitrogens with zero attached hydrogens (tertiary/aromatic N) is 2. The van der Waals surface area contributed by atoms with Crippen LogP contribution in [0.1, 0.15) is 25.5 Å². The van der Waals surface area contributed by atoms with E-state index < -0.39 is 12.2 Å². The van der Waals surface area contributed by atoms with Gasteiger partial charge in [0.1, 0.15) is 6.10 Å². The third kappa shape index (κ3) is 3.30. The van der Waals surface area contributed by atoms with Crippen molar-refractivity contribution in [2.24, 2.45) is 11.7 Å². The maximum atomic E-state index is 9.65. The lowest BCUT2D eigenvalue weighted by Gasteiger charge is -2.13. The molecule has 5 heteroatoms. The number of rotatable bonds is 5. The molecule has 0 radical (unpaired) electrons. The van der Waals surface area contributed by atoms with Gasteiger partial charge in [0.05, 0.1) is 12.3 Å². The molecule has 1 aromatic rings. The van der Waals surface area contributed by atoms with Crippen molar-refractivity contribution >= 4 is 0 Å². The van der Waals surface area contributed by atoms with Gasteiger partial charge in [0.15, 0.2) is 0 Å². The van der Waals surface area contributed by atoms with Gasteiger partial charge >= 0.3 is 0 Å². The summed E-state index contributed by atoms with van der Waals surface area (Å²) in [6.07, 6.45) is 1.42. The third-order valence-corrected chi connectivity index (χ3v) is 2.15. The molecule has 1 aromatic heterocycles. The van der Waals surface area contributed by atoms with Gasteiger partial charge in [-0.15, -0.1) is 0 Å². The molecule has 0 saturated carbocycles. The summed E-state index contributed by atoms with van der Waals surface area (Å²) in [7, 11) is 0. The van der Waals surface area contributed by atoms with Crippen molar-refractivity contribution in [3.63, 3.8) is 0 Å². The topological polar surface area (TPSA) is 84.3 Å². The predicted octanol–water partition coefficient (Wildman–Crippen LogP) is -0.108. The van der Waals surface area contributed by atoms with Crippen LogP contribution in [-0.2, 0) is 6.54 Å². The maximum Gasteiger partial charge on any atom is 0.109 e. The first-order chi connectivity index (χ1) is 7.04. The lowest BCUT2D eigenvalue weighted by Crippen LogP contribution is -2.26. The molecular weight excluding hydrogens is 194 g/mol. The Balaban J connectivity index is 2.66. The minimum absolute atomic E-state index is 0.0382. The maximum absolute atomic E-state index is 9.65. The van der Waals surface area contributed by atoms with Crippen molar-refractivity contribution < 1.29 is 10.2 Å². The van der Waals surface area contributed by atoms with Crippen molar-refractivity contribution in [3.05, 3.63) is 18.0 Å². The minimum Gasteiger partial charge on any atom is -0.389 e. The molecule has 5 nitrogen and oxygen atoms in total. The number of hydrogen-bond donors (Lipinski definition) is 3. The summed E-state index contributed by atoms with van der Waals surface area (Å²) in [6.45, 7) is 5.01. The smallest absolute Gasteiger partial charge is 0.109 e. The average molecular weight is 213 g/mol. The molecular formula is C10H19N3O2. The monoisotopic (exact) mass is 213 g/mol. The quantitative estimate of drug-likeness (QED) is 0.637. The van der Waals surface area contributed by atoms with Gasteiger partial charge in [0.25, 0.3) is 0 Å². The fourth-order valence-corrected chi connectivity index (χ4v) is 1.36. The number of aromatic nitrogens is 2. The molecule has 0 aromatic carbocycles. The van der Waals surface area contributed by atoms with E-state index >= 15 is 0 Å². The van der Waals surface area contributed by atoms with E-state index in [4.69, 9.17) is 5.73 Å². The summed E-state index contributed by atoms with van der Waals surface area (Å²) in [5, 5.41) is 23.1. The number of aliphatic hydroxyl groups excluding tert-OH is 2. The number of nitrogens with two attached hydrogens (primary N) is 1. The van der Waals surface area contributed by atoms with E-state index in [1.54, 1.807) is 17.1 Å². The molecule has 0 aliphatic heterocycles. The Morgan fingerprint density at radius 2 is 2.13 bits per heavy atom. The molecule has 0 saturated heterocycles. The Labute approximate surface area is 89.5 Å². The van der Waals surface area contributed by atoms with E-state index in [9.17, 15) is 10.2 Å². The summed E-state index contributed by atoms with van der Waals surface area (Å²) in [5.74, 6) is 0.495. The molecule has 1 rings (SSSR count). The van der Waals surface area contributed by atoms with Crippen molar-refractivity contribution in [2.45, 2.75) is 32.6 Å². The Kier molecular flexibility index (Phi) is 4.26. The second-order valence-electron chi connectivity index (χ2n) is 4.14. The van der Waals surface area contributed by atoms with Crippen molar-refractivity contribution in [1.29, 1.82) is 0 Å². The molecule has 2 atom stereocenters. The van der Waals surface area contributed by atoms with Gasteiger partial charge in [-0.2, -0.15) is 5.10 Å². The predicted molar refractivity (Wildman–Crippen MR) is 57.1 cm³/mol. The zero-order chi connectivity index (χ0) is 11.4. The highest BCUT2D eigenvalue weighted by Gasteiger charge is 2.18. The first kappa shape index (κ1) is 12.2. The molecule has 0 bridgehead atoms. The van der Waals surface area contributed by atoms with Crippen LogP contribution in [0, 0.1) is 5.92 Å². The lowest BCUT2D eigenvalue weighted by atomic mass is 10.1. The molecule has 4 N–H and O–H groups in total. The van der Waals surface area contributed by atoms with Gasteiger partial charge in [0, 0.05) is 24.8 Å². The first-order valence-corrected chi connectivity index (χ1v) is 5.13. The summed E-state index contributed by atoms with van der Waals surface area (Å²) in [5.41, 5.74) is 5.87. The number of aliphatic hydroxyl groups is 2. The first-order valence-electron chi connectivity index (χ1n) is 5.13. The van der Waals surface area contributed by atoms with Crippen LogP contribution in [0.15, 0.2) is 12.4 Å². The van der Waals surface area contributed by atoms with Crippen LogP contribution in [-0.4, -0.2) is 32.6 Å². The lowest BCUT2D eigenvalue weighted by molar-refractivity contribution is 0.0243. The van der Waals surface area contributed by atoms with E-state index in [0.717, 1.165) is 6.54 Å². The molecule has 2 unspecified atom stereocenters. The number of hydrogen-bond acceptors (Lipinski definition) is 4. The molecule has 0 fully saturated rings. The Morgan fingerprint density at radius 3 is 2.67 bits per heavy atom. The van der Waals surface area contributed by atoms with Crippen LogP contribution in [0.25, 0.3) is 0 Å². The van der Waals surface area contributed by atoms with E-state index in [0.29, 0.717) is 11.5 Å². The van der Waals surface area contributed by atoms with Crippen LogP contribution in [0.3, 0.4) is 0 Å². The SMILES string of the molecule is CC(C)Cn1cc(C(O)C(O)CN)cn1. The van der Waals surface area contributed by atoms with Crippen LogP contribution in [0.2, 0.25) is 0 Å². The average Bonchev–Trinajstić information content (AvgIpc) is 2.63. The van der Waals surface area contributed by atoms with E-state index in [1.165, 1.54) is 0 Å². The van der Waals surface area contributed by atoms with Crippen molar-refractivity contribution in [1.82, 2.24) is 9.78 Å². The van der Waals surface area contributed by atoms with Crippen LogP contribution < -0.4 is 5.73 Å². The van der Waals surface area contributed by atoms with Gasteiger partial charge in [-0.25, -0.2) is 0 Å². The minimum atomic E-state index is -0.948. The van der Waals surface area contributed by atoms with E-state index in [2.05, 4.69) is 18.9 Å². The fraction of sp³-hybridized carbons (Fsp3) is 0.700. The summed E-state index contributed by atoms with van der Waals surface area (Å²) in [6, 6.07) is 0.